The topological polar surface area (TPSA) is 58.4 Å². The predicted molar refractivity (Wildman–Crippen MR) is 87.4 cm³/mol. The molecule has 4 nitrogen and oxygen atoms in total. The minimum atomic E-state index is -0.612. The molecule has 2 rings (SSSR count). The highest BCUT2D eigenvalue weighted by Crippen LogP contribution is 2.25. The first-order valence-corrected chi connectivity index (χ1v) is 7.84. The summed E-state index contributed by atoms with van der Waals surface area (Å²) >= 11 is 0. The van der Waals surface area contributed by atoms with E-state index in [9.17, 15) is 4.79 Å². The molecule has 3 N–H and O–H groups in total. The van der Waals surface area contributed by atoms with Gasteiger partial charge in [0.2, 0.25) is 5.91 Å². The van der Waals surface area contributed by atoms with Gasteiger partial charge >= 0.3 is 0 Å². The summed E-state index contributed by atoms with van der Waals surface area (Å²) in [5.74, 6) is -0.255. The van der Waals surface area contributed by atoms with E-state index in [1.165, 1.54) is 11.3 Å². The molecule has 0 saturated heterocycles. The molecule has 1 unspecified atom stereocenters. The lowest BCUT2D eigenvalue weighted by molar-refractivity contribution is -0.124. The van der Waals surface area contributed by atoms with Crippen LogP contribution in [0.3, 0.4) is 0 Å². The van der Waals surface area contributed by atoms with Crippen LogP contribution in [0.15, 0.2) is 24.3 Å². The maximum absolute atomic E-state index is 11.8. The van der Waals surface area contributed by atoms with E-state index in [-0.39, 0.29) is 5.91 Å². The Morgan fingerprint density at radius 1 is 1.38 bits per heavy atom. The van der Waals surface area contributed by atoms with Crippen LogP contribution in [0.5, 0.6) is 0 Å². The van der Waals surface area contributed by atoms with Crippen LogP contribution in [0.4, 0.5) is 5.69 Å². The first-order chi connectivity index (χ1) is 9.94. The van der Waals surface area contributed by atoms with Crippen LogP contribution in [-0.4, -0.2) is 30.6 Å². The number of amides is 1. The second kappa shape index (κ2) is 6.48. The average molecular weight is 289 g/mol. The zero-order chi connectivity index (χ0) is 15.5. The molecule has 1 amide bonds. The number of nitrogens with one attached hydrogen (secondary N) is 1. The van der Waals surface area contributed by atoms with Crippen molar-refractivity contribution >= 4 is 11.6 Å². The summed E-state index contributed by atoms with van der Waals surface area (Å²) in [7, 11) is 0. The van der Waals surface area contributed by atoms with Gasteiger partial charge in [-0.1, -0.05) is 17.7 Å². The lowest BCUT2D eigenvalue weighted by atomic mass is 9.96. The van der Waals surface area contributed by atoms with Crippen molar-refractivity contribution in [3.8, 4) is 0 Å². The fraction of sp³-hybridized carbons (Fsp3) is 0.588. The van der Waals surface area contributed by atoms with Crippen molar-refractivity contribution in [2.45, 2.75) is 51.6 Å². The Balaban J connectivity index is 2.00. The van der Waals surface area contributed by atoms with Crippen LogP contribution >= 0.6 is 0 Å². The number of carbonyl (C=O) groups excluding carboxylic acids is 1. The van der Waals surface area contributed by atoms with Crippen molar-refractivity contribution in [3.63, 3.8) is 0 Å². The third-order valence-electron chi connectivity index (χ3n) is 4.31. The highest BCUT2D eigenvalue weighted by molar-refractivity contribution is 5.84. The van der Waals surface area contributed by atoms with Crippen molar-refractivity contribution in [3.05, 3.63) is 29.8 Å². The Bertz CT molecular complexity index is 481. The number of nitrogens with zero attached hydrogens (tertiary/aromatic N) is 1. The molecule has 4 heteroatoms. The van der Waals surface area contributed by atoms with Crippen molar-refractivity contribution in [1.82, 2.24) is 5.32 Å². The number of hydrogen-bond acceptors (Lipinski definition) is 3. The molecular formula is C17H27N3O. The van der Waals surface area contributed by atoms with E-state index in [0.717, 1.165) is 32.4 Å². The van der Waals surface area contributed by atoms with Gasteiger partial charge in [0.05, 0.1) is 5.54 Å². The van der Waals surface area contributed by atoms with Gasteiger partial charge in [-0.05, 0) is 52.2 Å². The Morgan fingerprint density at radius 3 is 2.48 bits per heavy atom. The average Bonchev–Trinajstić information content (AvgIpc) is 3.25. The van der Waals surface area contributed by atoms with Crippen molar-refractivity contribution in [1.29, 1.82) is 0 Å². The molecule has 1 saturated carbocycles. The fourth-order valence-corrected chi connectivity index (χ4v) is 2.53. The minimum Gasteiger partial charge on any atom is -0.372 e. The number of aryl methyl sites for hydroxylation is 1. The summed E-state index contributed by atoms with van der Waals surface area (Å²) in [6, 6.07) is 8.97. The Labute approximate surface area is 127 Å². The van der Waals surface area contributed by atoms with Crippen LogP contribution < -0.4 is 16.0 Å². The Hall–Kier alpha value is -1.55. The molecule has 1 fully saturated rings. The van der Waals surface area contributed by atoms with Crippen LogP contribution in [0.2, 0.25) is 0 Å². The van der Waals surface area contributed by atoms with Gasteiger partial charge < -0.3 is 16.0 Å². The number of hydrogen-bond donors (Lipinski definition) is 2. The first kappa shape index (κ1) is 15.8. The van der Waals surface area contributed by atoms with E-state index in [0.29, 0.717) is 6.04 Å². The van der Waals surface area contributed by atoms with Gasteiger partial charge in [-0.15, -0.1) is 0 Å². The van der Waals surface area contributed by atoms with Crippen molar-refractivity contribution in [2.75, 3.05) is 18.0 Å². The molecule has 1 aromatic rings. The van der Waals surface area contributed by atoms with Crippen molar-refractivity contribution < 1.29 is 4.79 Å². The maximum atomic E-state index is 11.8. The van der Waals surface area contributed by atoms with Crippen LogP contribution in [-0.2, 0) is 4.79 Å². The first-order valence-electron chi connectivity index (χ1n) is 7.84. The molecule has 1 aliphatic carbocycles. The smallest absolute Gasteiger partial charge is 0.237 e. The zero-order valence-electron chi connectivity index (χ0n) is 13.4. The fourth-order valence-electron chi connectivity index (χ4n) is 2.53. The second-order valence-corrected chi connectivity index (χ2v) is 6.28. The minimum absolute atomic E-state index is 0.255. The van der Waals surface area contributed by atoms with E-state index in [1.54, 1.807) is 0 Å². The molecule has 0 heterocycles. The summed E-state index contributed by atoms with van der Waals surface area (Å²) in [5.41, 5.74) is 7.45. The molecule has 0 spiro atoms. The van der Waals surface area contributed by atoms with Crippen molar-refractivity contribution in [2.24, 2.45) is 5.73 Å². The molecule has 21 heavy (non-hydrogen) atoms. The number of primary amides is 1. The lowest BCUT2D eigenvalue weighted by Crippen LogP contribution is -2.55. The normalized spacial score (nSPS) is 17.3. The summed E-state index contributed by atoms with van der Waals surface area (Å²) in [6.07, 6.45) is 3.02. The number of benzene rings is 1. The Kier molecular flexibility index (Phi) is 4.88. The number of anilines is 1. The summed E-state index contributed by atoms with van der Waals surface area (Å²) in [4.78, 5) is 14.1. The third-order valence-corrected chi connectivity index (χ3v) is 4.31. The summed E-state index contributed by atoms with van der Waals surface area (Å²) < 4.78 is 0. The number of rotatable bonds is 8. The number of nitrogens with two attached hydrogens (primary N) is 1. The van der Waals surface area contributed by atoms with Gasteiger partial charge in [-0.3, -0.25) is 4.79 Å². The molecule has 0 radical (unpaired) electrons. The van der Waals surface area contributed by atoms with Gasteiger partial charge in [0.15, 0.2) is 0 Å². The standard InChI is InChI=1S/C17H27N3O/c1-4-20(15-9-5-13(2)6-10-15)12-11-17(3,16(18)21)19-14-7-8-14/h5-6,9-10,14,19H,4,7-8,11-12H2,1-3H3,(H2,18,21). The summed E-state index contributed by atoms with van der Waals surface area (Å²) in [5, 5.41) is 3.41. The predicted octanol–water partition coefficient (Wildman–Crippen LogP) is 2.21. The van der Waals surface area contributed by atoms with Gasteiger partial charge in [0.1, 0.15) is 0 Å². The van der Waals surface area contributed by atoms with Crippen LogP contribution in [0.25, 0.3) is 0 Å². The van der Waals surface area contributed by atoms with E-state index in [1.807, 2.05) is 6.92 Å². The van der Waals surface area contributed by atoms with E-state index in [4.69, 9.17) is 5.73 Å². The molecule has 0 bridgehead atoms. The van der Waals surface area contributed by atoms with Gasteiger partial charge in [-0.25, -0.2) is 0 Å². The molecule has 116 valence electrons. The molecule has 1 atom stereocenters. The lowest BCUT2D eigenvalue weighted by Gasteiger charge is -2.32. The molecule has 0 aliphatic heterocycles. The highest BCUT2D eigenvalue weighted by atomic mass is 16.1. The van der Waals surface area contributed by atoms with Crippen LogP contribution in [0, 0.1) is 6.92 Å². The molecular weight excluding hydrogens is 262 g/mol. The maximum Gasteiger partial charge on any atom is 0.237 e. The van der Waals surface area contributed by atoms with Gasteiger partial charge in [-0.2, -0.15) is 0 Å². The summed E-state index contributed by atoms with van der Waals surface area (Å²) in [6.45, 7) is 7.89. The monoisotopic (exact) mass is 289 g/mol. The second-order valence-electron chi connectivity index (χ2n) is 6.28. The third kappa shape index (κ3) is 4.21. The van der Waals surface area contributed by atoms with E-state index in [2.05, 4.69) is 48.3 Å². The number of carbonyl (C=O) groups is 1. The highest BCUT2D eigenvalue weighted by Gasteiger charge is 2.36. The van der Waals surface area contributed by atoms with E-state index < -0.39 is 5.54 Å². The molecule has 1 aromatic carbocycles. The molecule has 0 aromatic heterocycles. The van der Waals surface area contributed by atoms with Gasteiger partial charge in [0, 0.05) is 24.8 Å². The quantitative estimate of drug-likeness (QED) is 0.771. The van der Waals surface area contributed by atoms with E-state index >= 15 is 0 Å². The Morgan fingerprint density at radius 2 is 2.00 bits per heavy atom. The van der Waals surface area contributed by atoms with Crippen LogP contribution in [0.1, 0.15) is 38.7 Å². The molecule has 1 aliphatic rings. The van der Waals surface area contributed by atoms with Gasteiger partial charge in [0.25, 0.3) is 0 Å². The SMILES string of the molecule is CCN(CCC(C)(NC1CC1)C(N)=O)c1ccc(C)cc1. The largest absolute Gasteiger partial charge is 0.372 e. The zero-order valence-corrected chi connectivity index (χ0v) is 13.4.